The van der Waals surface area contributed by atoms with E-state index in [2.05, 4.69) is 0 Å². The number of hydrogen-bond donors (Lipinski definition) is 1. The number of rotatable bonds is 2. The lowest BCUT2D eigenvalue weighted by molar-refractivity contribution is 0.414. The maximum absolute atomic E-state index is 13.7. The van der Waals surface area contributed by atoms with Gasteiger partial charge in [0.25, 0.3) is 0 Å². The predicted octanol–water partition coefficient (Wildman–Crippen LogP) is 3.74. The summed E-state index contributed by atoms with van der Waals surface area (Å²) in [7, 11) is 1.53. The molecule has 4 heteroatoms. The summed E-state index contributed by atoms with van der Waals surface area (Å²) in [5.74, 6) is 0.243. The Hall–Kier alpha value is -1.74. The van der Waals surface area contributed by atoms with Crippen molar-refractivity contribution in [1.29, 1.82) is 0 Å². The average Bonchev–Trinajstić information content (AvgIpc) is 2.28. The quantitative estimate of drug-likeness (QED) is 0.826. The zero-order valence-corrected chi connectivity index (χ0v) is 9.96. The van der Waals surface area contributed by atoms with Gasteiger partial charge in [-0.3, -0.25) is 0 Å². The third kappa shape index (κ3) is 2.50. The SMILES string of the molecule is COc1ccc(F)c(-c2cc(N)cc(Cl)c2)c1. The molecule has 0 unspecified atom stereocenters. The minimum atomic E-state index is -0.340. The highest BCUT2D eigenvalue weighted by Crippen LogP contribution is 2.30. The molecule has 2 rings (SSSR count). The molecule has 0 heterocycles. The number of benzene rings is 2. The molecule has 0 aromatic heterocycles. The van der Waals surface area contributed by atoms with Crippen LogP contribution in [0.1, 0.15) is 0 Å². The van der Waals surface area contributed by atoms with E-state index in [4.69, 9.17) is 22.1 Å². The van der Waals surface area contributed by atoms with Gasteiger partial charge in [-0.25, -0.2) is 4.39 Å². The van der Waals surface area contributed by atoms with Crippen LogP contribution in [0, 0.1) is 5.82 Å². The third-order valence-electron chi connectivity index (χ3n) is 2.40. The molecule has 2 aromatic carbocycles. The van der Waals surface area contributed by atoms with Gasteiger partial charge in [-0.1, -0.05) is 11.6 Å². The number of hydrogen-bond acceptors (Lipinski definition) is 2. The van der Waals surface area contributed by atoms with E-state index in [1.807, 2.05) is 0 Å². The zero-order valence-electron chi connectivity index (χ0n) is 9.21. The summed E-state index contributed by atoms with van der Waals surface area (Å²) >= 11 is 5.89. The predicted molar refractivity (Wildman–Crippen MR) is 67.8 cm³/mol. The first-order valence-electron chi connectivity index (χ1n) is 5.00. The molecule has 17 heavy (non-hydrogen) atoms. The van der Waals surface area contributed by atoms with Crippen molar-refractivity contribution in [2.24, 2.45) is 0 Å². The van der Waals surface area contributed by atoms with Crippen molar-refractivity contribution in [3.05, 3.63) is 47.2 Å². The van der Waals surface area contributed by atoms with Crippen LogP contribution < -0.4 is 10.5 Å². The van der Waals surface area contributed by atoms with E-state index >= 15 is 0 Å². The highest BCUT2D eigenvalue weighted by molar-refractivity contribution is 6.31. The first-order chi connectivity index (χ1) is 8.10. The maximum atomic E-state index is 13.7. The molecule has 2 N–H and O–H groups in total. The Kier molecular flexibility index (Phi) is 3.20. The Morgan fingerprint density at radius 2 is 1.94 bits per heavy atom. The molecular formula is C13H11ClFNO. The van der Waals surface area contributed by atoms with Gasteiger partial charge in [-0.15, -0.1) is 0 Å². The molecule has 0 radical (unpaired) electrons. The highest BCUT2D eigenvalue weighted by atomic mass is 35.5. The second-order valence-electron chi connectivity index (χ2n) is 3.62. The van der Waals surface area contributed by atoms with E-state index in [0.29, 0.717) is 27.6 Å². The molecule has 0 fully saturated rings. The van der Waals surface area contributed by atoms with E-state index < -0.39 is 0 Å². The van der Waals surface area contributed by atoms with Crippen LogP contribution >= 0.6 is 11.6 Å². The van der Waals surface area contributed by atoms with Crippen LogP contribution in [0.4, 0.5) is 10.1 Å². The van der Waals surface area contributed by atoms with Gasteiger partial charge in [0, 0.05) is 16.3 Å². The molecule has 0 atom stereocenters. The lowest BCUT2D eigenvalue weighted by Gasteiger charge is -2.08. The van der Waals surface area contributed by atoms with Gasteiger partial charge in [0.15, 0.2) is 0 Å². The van der Waals surface area contributed by atoms with Gasteiger partial charge in [0.1, 0.15) is 11.6 Å². The molecule has 88 valence electrons. The minimum absolute atomic E-state index is 0.340. The molecule has 0 saturated heterocycles. The number of halogens is 2. The fourth-order valence-electron chi connectivity index (χ4n) is 1.62. The molecule has 0 aliphatic rings. The Balaban J connectivity index is 2.58. The normalized spacial score (nSPS) is 10.3. The van der Waals surface area contributed by atoms with Crippen LogP contribution in [0.15, 0.2) is 36.4 Å². The van der Waals surface area contributed by atoms with Crippen molar-refractivity contribution in [3.8, 4) is 16.9 Å². The number of nitrogen functional groups attached to an aromatic ring is 1. The third-order valence-corrected chi connectivity index (χ3v) is 2.62. The van der Waals surface area contributed by atoms with Crippen molar-refractivity contribution < 1.29 is 9.13 Å². The van der Waals surface area contributed by atoms with Gasteiger partial charge in [0.2, 0.25) is 0 Å². The van der Waals surface area contributed by atoms with E-state index in [-0.39, 0.29) is 5.82 Å². The second kappa shape index (κ2) is 4.63. The molecule has 0 amide bonds. The average molecular weight is 252 g/mol. The van der Waals surface area contributed by atoms with Gasteiger partial charge < -0.3 is 10.5 Å². The summed E-state index contributed by atoms with van der Waals surface area (Å²) in [5, 5.41) is 0.474. The summed E-state index contributed by atoms with van der Waals surface area (Å²) in [5.41, 5.74) is 7.22. The Morgan fingerprint density at radius 1 is 1.18 bits per heavy atom. The van der Waals surface area contributed by atoms with Gasteiger partial charge >= 0.3 is 0 Å². The summed E-state index contributed by atoms with van der Waals surface area (Å²) < 4.78 is 18.8. The summed E-state index contributed by atoms with van der Waals surface area (Å²) in [4.78, 5) is 0. The Bertz CT molecular complexity index is 537. The maximum Gasteiger partial charge on any atom is 0.131 e. The molecule has 2 nitrogen and oxygen atoms in total. The molecule has 0 aliphatic carbocycles. The second-order valence-corrected chi connectivity index (χ2v) is 4.06. The standard InChI is InChI=1S/C13H11ClFNO/c1-17-11-2-3-13(15)12(7-11)8-4-9(14)6-10(16)5-8/h2-7H,16H2,1H3. The molecule has 2 aromatic rings. The zero-order chi connectivity index (χ0) is 12.4. The van der Waals surface area contributed by atoms with Gasteiger partial charge in [-0.05, 0) is 42.0 Å². The van der Waals surface area contributed by atoms with Crippen molar-refractivity contribution in [2.45, 2.75) is 0 Å². The lowest BCUT2D eigenvalue weighted by Crippen LogP contribution is -1.90. The largest absolute Gasteiger partial charge is 0.497 e. The van der Waals surface area contributed by atoms with Crippen LogP contribution in [0.3, 0.4) is 0 Å². The van der Waals surface area contributed by atoms with Crippen molar-refractivity contribution in [2.75, 3.05) is 12.8 Å². The number of methoxy groups -OCH3 is 1. The topological polar surface area (TPSA) is 35.2 Å². The Morgan fingerprint density at radius 3 is 2.59 bits per heavy atom. The highest BCUT2D eigenvalue weighted by Gasteiger charge is 2.08. The fourth-order valence-corrected chi connectivity index (χ4v) is 1.86. The fraction of sp³-hybridized carbons (Fsp3) is 0.0769. The number of nitrogens with two attached hydrogens (primary N) is 1. The summed E-state index contributed by atoms with van der Waals surface area (Å²) in [6, 6.07) is 9.47. The van der Waals surface area contributed by atoms with Crippen molar-refractivity contribution in [1.82, 2.24) is 0 Å². The van der Waals surface area contributed by atoms with E-state index in [0.717, 1.165) is 0 Å². The van der Waals surface area contributed by atoms with E-state index in [9.17, 15) is 4.39 Å². The molecule has 0 saturated carbocycles. The van der Waals surface area contributed by atoms with Gasteiger partial charge in [0.05, 0.1) is 7.11 Å². The minimum Gasteiger partial charge on any atom is -0.497 e. The van der Waals surface area contributed by atoms with Crippen molar-refractivity contribution in [3.63, 3.8) is 0 Å². The molecule has 0 aliphatic heterocycles. The smallest absolute Gasteiger partial charge is 0.131 e. The lowest BCUT2D eigenvalue weighted by atomic mass is 10.0. The number of anilines is 1. The molecule has 0 spiro atoms. The first kappa shape index (κ1) is 11.7. The van der Waals surface area contributed by atoms with E-state index in [1.165, 1.54) is 13.2 Å². The van der Waals surface area contributed by atoms with E-state index in [1.54, 1.807) is 30.3 Å². The summed E-state index contributed by atoms with van der Waals surface area (Å²) in [6.07, 6.45) is 0. The van der Waals surface area contributed by atoms with Crippen LogP contribution in [0.25, 0.3) is 11.1 Å². The number of ether oxygens (including phenoxy) is 1. The Labute approximate surface area is 104 Å². The van der Waals surface area contributed by atoms with Crippen LogP contribution in [-0.2, 0) is 0 Å². The van der Waals surface area contributed by atoms with Crippen LogP contribution in [-0.4, -0.2) is 7.11 Å². The first-order valence-corrected chi connectivity index (χ1v) is 5.38. The molecular weight excluding hydrogens is 241 g/mol. The van der Waals surface area contributed by atoms with Crippen molar-refractivity contribution >= 4 is 17.3 Å². The summed E-state index contributed by atoms with van der Waals surface area (Å²) in [6.45, 7) is 0. The molecule has 0 bridgehead atoms. The van der Waals surface area contributed by atoms with Gasteiger partial charge in [-0.2, -0.15) is 0 Å². The van der Waals surface area contributed by atoms with Crippen LogP contribution in [0.2, 0.25) is 5.02 Å². The van der Waals surface area contributed by atoms with Crippen LogP contribution in [0.5, 0.6) is 5.75 Å². The monoisotopic (exact) mass is 251 g/mol.